The van der Waals surface area contributed by atoms with Gasteiger partial charge in [0.2, 0.25) is 5.91 Å². The van der Waals surface area contributed by atoms with E-state index in [9.17, 15) is 23.8 Å². The highest BCUT2D eigenvalue weighted by molar-refractivity contribution is 7.54. The number of nitrogens with zero attached hydrogens (tertiary/aromatic N) is 4. The summed E-state index contributed by atoms with van der Waals surface area (Å²) >= 11 is 0. The summed E-state index contributed by atoms with van der Waals surface area (Å²) in [6.07, 6.45) is 0.0576. The fourth-order valence-corrected chi connectivity index (χ4v) is 8.50. The minimum atomic E-state index is -3.98. The van der Waals surface area contributed by atoms with Gasteiger partial charge in [-0.25, -0.2) is 9.97 Å². The Morgan fingerprint density at radius 2 is 1.56 bits per heavy atom. The molecule has 1 fully saturated rings. The Morgan fingerprint density at radius 3 is 2.12 bits per heavy atom. The third kappa shape index (κ3) is 9.51. The van der Waals surface area contributed by atoms with Crippen molar-refractivity contribution >= 4 is 32.3 Å². The molecular weight excluding hydrogens is 604 g/mol. The van der Waals surface area contributed by atoms with Crippen LogP contribution in [-0.2, 0) is 36.8 Å². The predicted molar refractivity (Wildman–Crippen MR) is 159 cm³/mol. The molecule has 0 unspecified atom stereocenters. The third-order valence-corrected chi connectivity index (χ3v) is 10.8. The van der Waals surface area contributed by atoms with Crippen LogP contribution in [0.5, 0.6) is 0 Å². The van der Waals surface area contributed by atoms with Crippen LogP contribution >= 0.6 is 15.2 Å². The molecule has 0 aromatic carbocycles. The lowest BCUT2D eigenvalue weighted by atomic mass is 10.2. The van der Waals surface area contributed by atoms with Crippen LogP contribution in [0.1, 0.15) is 67.9 Å². The van der Waals surface area contributed by atoms with Gasteiger partial charge in [-0.1, -0.05) is 0 Å². The zero-order valence-electron chi connectivity index (χ0n) is 26.0. The maximum Gasteiger partial charge on any atom is 0.361 e. The molecule has 0 bridgehead atoms. The molecule has 43 heavy (non-hydrogen) atoms. The van der Waals surface area contributed by atoms with Gasteiger partial charge in [0, 0.05) is 19.5 Å². The average molecular weight is 650 g/mol. The van der Waals surface area contributed by atoms with E-state index >= 15 is 0 Å². The molecule has 3 heterocycles. The monoisotopic (exact) mass is 649 g/mol. The van der Waals surface area contributed by atoms with Crippen LogP contribution in [0.4, 0.5) is 0 Å². The van der Waals surface area contributed by atoms with E-state index in [1.165, 1.54) is 17.6 Å². The highest BCUT2D eigenvalue weighted by Gasteiger charge is 2.42. The molecule has 3 rings (SSSR count). The first-order valence-electron chi connectivity index (χ1n) is 14.4. The number of hydrogen-bond donors (Lipinski definition) is 2. The summed E-state index contributed by atoms with van der Waals surface area (Å²) in [4.78, 5) is 38.1. The Bertz CT molecular complexity index is 1350. The van der Waals surface area contributed by atoms with Crippen LogP contribution in [0.3, 0.4) is 0 Å². The SMILES string of the molecule is CC(C)OP(=O)(CCC(=O)N1C[C@@H](n2cnc3c(=O)[nH]cnc32)[C@H](OC[C@H](O)P(=O)(OC(C)C)OC(C)C)C1)OC(C)C. The summed E-state index contributed by atoms with van der Waals surface area (Å²) in [6, 6.07) is -0.572. The quantitative estimate of drug-likeness (QED) is 0.252. The van der Waals surface area contributed by atoms with Gasteiger partial charge in [-0.3, -0.25) is 18.7 Å². The number of hydrogen-bond acceptors (Lipinski definition) is 12. The fraction of sp³-hybridized carbons (Fsp3) is 0.769. The van der Waals surface area contributed by atoms with Gasteiger partial charge in [0.25, 0.3) is 5.56 Å². The number of aliphatic hydroxyl groups excluding tert-OH is 1. The molecule has 2 aromatic rings. The number of aromatic nitrogens is 4. The van der Waals surface area contributed by atoms with Gasteiger partial charge >= 0.3 is 15.2 Å². The molecule has 0 spiro atoms. The van der Waals surface area contributed by atoms with E-state index in [0.29, 0.717) is 0 Å². The third-order valence-electron chi connectivity index (χ3n) is 6.19. The second kappa shape index (κ2) is 14.9. The van der Waals surface area contributed by atoms with Gasteiger partial charge in [0.15, 0.2) is 17.0 Å². The summed E-state index contributed by atoms with van der Waals surface area (Å²) in [5.41, 5.74) is -0.0237. The Balaban J connectivity index is 1.83. The lowest BCUT2D eigenvalue weighted by molar-refractivity contribution is -0.130. The molecule has 0 saturated carbocycles. The molecule has 2 aromatic heterocycles. The number of carbonyl (C=O) groups excluding carboxylic acids is 1. The summed E-state index contributed by atoms with van der Waals surface area (Å²) in [5, 5.41) is 10.9. The van der Waals surface area contributed by atoms with Crippen molar-refractivity contribution < 1.29 is 41.9 Å². The largest absolute Gasteiger partial charge is 0.378 e. The van der Waals surface area contributed by atoms with Crippen molar-refractivity contribution in [3.63, 3.8) is 0 Å². The number of carbonyl (C=O) groups is 1. The van der Waals surface area contributed by atoms with Gasteiger partial charge in [-0.15, -0.1) is 0 Å². The van der Waals surface area contributed by atoms with Gasteiger partial charge in [0.1, 0.15) is 0 Å². The molecule has 0 radical (unpaired) electrons. The van der Waals surface area contributed by atoms with E-state index in [2.05, 4.69) is 15.0 Å². The van der Waals surface area contributed by atoms with Crippen molar-refractivity contribution in [3.8, 4) is 0 Å². The van der Waals surface area contributed by atoms with Crippen LogP contribution in [0.25, 0.3) is 11.2 Å². The molecule has 15 nitrogen and oxygen atoms in total. The number of aliphatic hydroxyl groups is 1. The molecule has 1 aliphatic rings. The predicted octanol–water partition coefficient (Wildman–Crippen LogP) is 3.68. The van der Waals surface area contributed by atoms with Crippen molar-refractivity contribution in [3.05, 3.63) is 23.0 Å². The number of fused-ring (bicyclic) bond motifs is 1. The lowest BCUT2D eigenvalue weighted by Gasteiger charge is -2.28. The minimum absolute atomic E-state index is 0.0832. The number of likely N-dealkylation sites (tertiary alicyclic amines) is 1. The first-order valence-corrected chi connectivity index (χ1v) is 17.8. The number of nitrogens with one attached hydrogen (secondary N) is 1. The fourth-order valence-electron chi connectivity index (χ4n) is 4.71. The van der Waals surface area contributed by atoms with Crippen molar-refractivity contribution in [2.45, 2.75) is 104 Å². The maximum absolute atomic E-state index is 13.4. The number of imidazole rings is 1. The summed E-state index contributed by atoms with van der Waals surface area (Å²) in [6.45, 7) is 13.5. The van der Waals surface area contributed by atoms with Gasteiger partial charge in [0.05, 0.1) is 62.0 Å². The smallest absolute Gasteiger partial charge is 0.361 e. The number of amides is 1. The Morgan fingerprint density at radius 1 is 0.977 bits per heavy atom. The Hall–Kier alpha value is -1.96. The van der Waals surface area contributed by atoms with E-state index < -0.39 is 57.6 Å². The van der Waals surface area contributed by atoms with Gasteiger partial charge < -0.3 is 42.4 Å². The lowest BCUT2D eigenvalue weighted by Crippen LogP contribution is -2.32. The number of aromatic amines is 1. The highest BCUT2D eigenvalue weighted by atomic mass is 31.2. The molecule has 17 heteroatoms. The van der Waals surface area contributed by atoms with Crippen molar-refractivity contribution in [2.24, 2.45) is 0 Å². The number of H-pyrrole nitrogens is 1. The molecule has 1 aliphatic heterocycles. The van der Waals surface area contributed by atoms with E-state index in [0.717, 1.165) is 0 Å². The summed E-state index contributed by atoms with van der Waals surface area (Å²) < 4.78 is 56.6. The van der Waals surface area contributed by atoms with E-state index in [-0.39, 0.29) is 55.0 Å². The van der Waals surface area contributed by atoms with Crippen LogP contribution < -0.4 is 5.56 Å². The van der Waals surface area contributed by atoms with E-state index in [1.807, 2.05) is 0 Å². The number of rotatable bonds is 16. The van der Waals surface area contributed by atoms with Gasteiger partial charge in [-0.2, -0.15) is 0 Å². The Kier molecular flexibility index (Phi) is 12.3. The Labute approximate surface area is 251 Å². The summed E-state index contributed by atoms with van der Waals surface area (Å²) in [5.74, 6) is -1.92. The molecule has 3 atom stereocenters. The van der Waals surface area contributed by atoms with Crippen molar-refractivity contribution in [1.82, 2.24) is 24.4 Å². The van der Waals surface area contributed by atoms with E-state index in [1.54, 1.807) is 60.0 Å². The second-order valence-corrected chi connectivity index (χ2v) is 15.7. The molecule has 1 amide bonds. The van der Waals surface area contributed by atoms with E-state index in [4.69, 9.17) is 22.8 Å². The molecule has 244 valence electrons. The molecule has 0 aliphatic carbocycles. The zero-order chi connectivity index (χ0) is 32.1. The topological polar surface area (TPSA) is 184 Å². The highest BCUT2D eigenvalue weighted by Crippen LogP contribution is 2.54. The van der Waals surface area contributed by atoms with Crippen LogP contribution in [0.2, 0.25) is 0 Å². The zero-order valence-corrected chi connectivity index (χ0v) is 27.8. The van der Waals surface area contributed by atoms with Crippen LogP contribution in [0, 0.1) is 0 Å². The molecular formula is C26H45N5O10P2. The second-order valence-electron chi connectivity index (χ2n) is 11.5. The normalized spacial score (nSPS) is 19.0. The number of ether oxygens (including phenoxy) is 1. The standard InChI is InChI=1S/C26H45N5O10P2/c1-16(2)38-42(35,39-17(3)4)10-9-22(32)30-11-20(31-15-29-24-25(31)27-14-28-26(24)34)21(12-30)37-13-23(33)43(36,40-18(5)6)41-19(7)8/h14-21,23,33H,9-13H2,1-8H3,(H,27,28,34)/t20-,21-,23-/m1/s1. The maximum atomic E-state index is 13.4. The molecule has 2 N–H and O–H groups in total. The van der Waals surface area contributed by atoms with Crippen LogP contribution in [-0.4, -0.2) is 97.7 Å². The van der Waals surface area contributed by atoms with Crippen molar-refractivity contribution in [1.29, 1.82) is 0 Å². The minimum Gasteiger partial charge on any atom is -0.378 e. The van der Waals surface area contributed by atoms with Crippen molar-refractivity contribution in [2.75, 3.05) is 25.9 Å². The van der Waals surface area contributed by atoms with Crippen LogP contribution in [0.15, 0.2) is 17.4 Å². The first kappa shape index (κ1) is 35.5. The molecule has 1 saturated heterocycles. The average Bonchev–Trinajstić information content (AvgIpc) is 3.48. The summed E-state index contributed by atoms with van der Waals surface area (Å²) in [7, 11) is -7.52. The van der Waals surface area contributed by atoms with Gasteiger partial charge in [-0.05, 0) is 55.4 Å². The first-order chi connectivity index (χ1) is 20.0.